The molecule has 2 N–H and O–H groups in total. The van der Waals surface area contributed by atoms with Gasteiger partial charge in [-0.3, -0.25) is 9.78 Å². The van der Waals surface area contributed by atoms with Gasteiger partial charge in [0.1, 0.15) is 12.6 Å². The number of nitrogens with zero attached hydrogens (tertiary/aromatic N) is 2. The fourth-order valence-electron chi connectivity index (χ4n) is 7.20. The number of hydrogen-bond acceptors (Lipinski definition) is 4. The molecule has 0 saturated carbocycles. The smallest absolute Gasteiger partial charge is 0.319 e. The number of nitrogens with one attached hydrogen (secondary N) is 2. The minimum atomic E-state index is -0.448. The average Bonchev–Trinajstić information content (AvgIpc) is 3.04. The maximum atomic E-state index is 13.5. The van der Waals surface area contributed by atoms with Crippen LogP contribution in [0.5, 0.6) is 0 Å². The summed E-state index contributed by atoms with van der Waals surface area (Å²) in [6.45, 7) is 7.26. The third-order valence-corrected chi connectivity index (χ3v) is 9.26. The van der Waals surface area contributed by atoms with Crippen LogP contribution in [-0.2, 0) is 16.1 Å². The van der Waals surface area contributed by atoms with Crippen LogP contribution in [0.2, 0.25) is 0 Å². The predicted octanol–water partition coefficient (Wildman–Crippen LogP) is 6.64. The van der Waals surface area contributed by atoms with Gasteiger partial charge in [0.2, 0.25) is 0 Å². The first-order chi connectivity index (χ1) is 21.0. The van der Waals surface area contributed by atoms with Crippen LogP contribution in [0.25, 0.3) is 10.9 Å². The summed E-state index contributed by atoms with van der Waals surface area (Å²) in [5.41, 5.74) is 3.86. The van der Waals surface area contributed by atoms with Crippen molar-refractivity contribution in [2.45, 2.75) is 38.0 Å². The van der Waals surface area contributed by atoms with Gasteiger partial charge >= 0.3 is 12.0 Å². The van der Waals surface area contributed by atoms with E-state index in [1.165, 1.54) is 5.56 Å². The van der Waals surface area contributed by atoms with Crippen LogP contribution in [0, 0.1) is 11.8 Å². The zero-order chi connectivity index (χ0) is 29.6. The molecule has 7 nitrogen and oxygen atoms in total. The molecule has 2 bridgehead atoms. The van der Waals surface area contributed by atoms with Crippen molar-refractivity contribution >= 4 is 28.6 Å². The van der Waals surface area contributed by atoms with Gasteiger partial charge < -0.3 is 19.9 Å². The largest absolute Gasteiger partial charge is 0.451 e. The third-order valence-electron chi connectivity index (χ3n) is 9.26. The summed E-state index contributed by atoms with van der Waals surface area (Å²) in [4.78, 5) is 30.5. The number of rotatable bonds is 10. The molecule has 4 aromatic rings. The Hall–Kier alpha value is -4.49. The molecule has 43 heavy (non-hydrogen) atoms. The fourth-order valence-corrected chi connectivity index (χ4v) is 7.20. The minimum absolute atomic E-state index is 0.0752. The molecular weight excluding hydrogens is 536 g/mol. The number of ether oxygens (including phenoxy) is 1. The van der Waals surface area contributed by atoms with E-state index in [0.717, 1.165) is 53.4 Å². The normalized spacial score (nSPS) is 23.3. The Balaban J connectivity index is 1.27. The Morgan fingerprint density at radius 2 is 1.74 bits per heavy atom. The van der Waals surface area contributed by atoms with Crippen molar-refractivity contribution in [1.29, 1.82) is 0 Å². The summed E-state index contributed by atoms with van der Waals surface area (Å²) in [5.74, 6) is 0.620. The van der Waals surface area contributed by atoms with Crippen molar-refractivity contribution in [3.63, 3.8) is 0 Å². The Labute approximate surface area is 253 Å². The lowest BCUT2D eigenvalue weighted by atomic mass is 9.71. The second kappa shape index (κ2) is 12.8. The van der Waals surface area contributed by atoms with E-state index in [4.69, 9.17) is 4.74 Å². The summed E-state index contributed by atoms with van der Waals surface area (Å²) in [7, 11) is 0. The second-order valence-electron chi connectivity index (χ2n) is 11.8. The Bertz CT molecular complexity index is 1570. The number of esters is 1. The van der Waals surface area contributed by atoms with Crippen molar-refractivity contribution in [3.05, 3.63) is 121 Å². The number of quaternary nitrogens is 1. The Morgan fingerprint density at radius 1 is 1.00 bits per heavy atom. The van der Waals surface area contributed by atoms with E-state index in [-0.39, 0.29) is 31.0 Å². The van der Waals surface area contributed by atoms with Gasteiger partial charge in [-0.1, -0.05) is 72.8 Å². The van der Waals surface area contributed by atoms with E-state index >= 15 is 0 Å². The number of benzene rings is 3. The van der Waals surface area contributed by atoms with Gasteiger partial charge in [0, 0.05) is 53.7 Å². The van der Waals surface area contributed by atoms with Crippen molar-refractivity contribution in [2.75, 3.05) is 25.0 Å². The van der Waals surface area contributed by atoms with Crippen molar-refractivity contribution in [2.24, 2.45) is 11.8 Å². The number of urea groups is 1. The lowest BCUT2D eigenvalue weighted by Gasteiger charge is -2.58. The van der Waals surface area contributed by atoms with Gasteiger partial charge in [0.05, 0.1) is 25.0 Å². The predicted molar refractivity (Wildman–Crippen MR) is 169 cm³/mol. The number of aromatic nitrogens is 1. The molecule has 3 aliphatic heterocycles. The van der Waals surface area contributed by atoms with Crippen LogP contribution >= 0.6 is 0 Å². The minimum Gasteiger partial charge on any atom is -0.451 e. The molecule has 2 amide bonds. The lowest BCUT2D eigenvalue weighted by molar-refractivity contribution is -0.984. The number of pyridine rings is 1. The zero-order valence-corrected chi connectivity index (χ0v) is 24.4. The molecule has 0 spiro atoms. The van der Waals surface area contributed by atoms with Gasteiger partial charge in [0.15, 0.2) is 6.10 Å². The van der Waals surface area contributed by atoms with Gasteiger partial charge in [-0.15, -0.1) is 6.58 Å². The van der Waals surface area contributed by atoms with Crippen LogP contribution in [0.15, 0.2) is 110 Å². The van der Waals surface area contributed by atoms with E-state index in [2.05, 4.69) is 64.7 Å². The number of hydrogen-bond donors (Lipinski definition) is 2. The summed E-state index contributed by atoms with van der Waals surface area (Å²) in [6, 6.07) is 29.7. The second-order valence-corrected chi connectivity index (χ2v) is 11.8. The van der Waals surface area contributed by atoms with Crippen LogP contribution in [0.4, 0.5) is 10.5 Å². The molecule has 5 atom stereocenters. The number of anilines is 1. The molecule has 0 aliphatic carbocycles. The Morgan fingerprint density at radius 3 is 2.53 bits per heavy atom. The average molecular weight is 576 g/mol. The SMILES string of the molecule is C=C[C@H]1C[N+]2(Cc3ccccc3)CC[C@H]1C[C@@H]2[C@@H](OC(=O)CCNC(=O)Nc1ccccc1)c1ccnc2ccccc12. The summed E-state index contributed by atoms with van der Waals surface area (Å²) in [6.07, 6.45) is 5.67. The quantitative estimate of drug-likeness (QED) is 0.126. The molecule has 7 heteroatoms. The third kappa shape index (κ3) is 6.32. The van der Waals surface area contributed by atoms with Gasteiger partial charge in [-0.25, -0.2) is 4.79 Å². The van der Waals surface area contributed by atoms with Crippen LogP contribution in [0.3, 0.4) is 0 Å². The maximum Gasteiger partial charge on any atom is 0.319 e. The highest BCUT2D eigenvalue weighted by Gasteiger charge is 2.55. The topological polar surface area (TPSA) is 80.3 Å². The number of para-hydroxylation sites is 2. The summed E-state index contributed by atoms with van der Waals surface area (Å²) >= 11 is 0. The zero-order valence-electron chi connectivity index (χ0n) is 24.4. The number of piperidine rings is 3. The van der Waals surface area contributed by atoms with Crippen LogP contribution in [0.1, 0.15) is 36.5 Å². The maximum absolute atomic E-state index is 13.5. The highest BCUT2D eigenvalue weighted by molar-refractivity contribution is 5.89. The number of carbonyl (C=O) groups is 2. The summed E-state index contributed by atoms with van der Waals surface area (Å²) in [5, 5.41) is 6.58. The molecule has 1 aromatic heterocycles. The van der Waals surface area contributed by atoms with Crippen molar-refractivity contribution in [3.8, 4) is 0 Å². The monoisotopic (exact) mass is 575 g/mol. The number of amides is 2. The van der Waals surface area contributed by atoms with Crippen molar-refractivity contribution in [1.82, 2.24) is 10.3 Å². The highest BCUT2D eigenvalue weighted by Crippen LogP contribution is 2.49. The van der Waals surface area contributed by atoms with Crippen LogP contribution in [-0.4, -0.2) is 47.1 Å². The number of fused-ring (bicyclic) bond motifs is 4. The molecule has 3 aliphatic rings. The first kappa shape index (κ1) is 28.6. The fraction of sp³-hybridized carbons (Fsp3) is 0.306. The van der Waals surface area contributed by atoms with E-state index in [1.807, 2.05) is 60.8 Å². The van der Waals surface area contributed by atoms with Gasteiger partial charge in [-0.05, 0) is 30.2 Å². The summed E-state index contributed by atoms with van der Waals surface area (Å²) < 4.78 is 7.34. The van der Waals surface area contributed by atoms with E-state index < -0.39 is 6.10 Å². The molecule has 3 fully saturated rings. The standard InChI is InChI=1S/C36H38N4O3/c1-2-27-25-40(24-26-11-5-3-6-12-26)22-19-28(27)23-33(40)35(31-17-20-37-32-16-10-9-15-30(31)32)43-34(41)18-21-38-36(42)39-29-13-7-4-8-14-29/h2-17,20,27-28,33,35H,1,18-19,21-25H2,(H-,38,39,42)/p+1/t27-,28-,33+,35-,40?/m0/s1. The van der Waals surface area contributed by atoms with E-state index in [0.29, 0.717) is 17.5 Å². The first-order valence-corrected chi connectivity index (χ1v) is 15.2. The van der Waals surface area contributed by atoms with E-state index in [1.54, 1.807) is 0 Å². The van der Waals surface area contributed by atoms with Gasteiger partial charge in [0.25, 0.3) is 0 Å². The van der Waals surface area contributed by atoms with E-state index in [9.17, 15) is 9.59 Å². The number of carbonyl (C=O) groups excluding carboxylic acids is 2. The molecule has 3 saturated heterocycles. The molecule has 220 valence electrons. The molecular formula is C36H39N4O3+. The molecule has 1 unspecified atom stereocenters. The molecule has 4 heterocycles. The lowest BCUT2D eigenvalue weighted by Crippen LogP contribution is -2.67. The highest BCUT2D eigenvalue weighted by atomic mass is 16.5. The van der Waals surface area contributed by atoms with Crippen molar-refractivity contribution < 1.29 is 18.8 Å². The molecule has 7 rings (SSSR count). The Kier molecular flexibility index (Phi) is 8.52. The first-order valence-electron chi connectivity index (χ1n) is 15.2. The molecule has 0 radical (unpaired) electrons. The van der Waals surface area contributed by atoms with Gasteiger partial charge in [-0.2, -0.15) is 0 Å². The molecule has 3 aromatic carbocycles. The van der Waals surface area contributed by atoms with Crippen LogP contribution < -0.4 is 10.6 Å².